The summed E-state index contributed by atoms with van der Waals surface area (Å²) in [4.78, 5) is 24.6. The van der Waals surface area contributed by atoms with Gasteiger partial charge in [-0.2, -0.15) is 0 Å². The largest absolute Gasteiger partial charge is 0.496 e. The van der Waals surface area contributed by atoms with Crippen molar-refractivity contribution in [1.29, 1.82) is 0 Å². The molecule has 0 spiro atoms. The van der Waals surface area contributed by atoms with E-state index in [1.54, 1.807) is 60.7 Å². The van der Waals surface area contributed by atoms with Gasteiger partial charge in [-0.05, 0) is 60.2 Å². The second kappa shape index (κ2) is 9.02. The van der Waals surface area contributed by atoms with Crippen LogP contribution in [0.25, 0.3) is 6.08 Å². The second-order valence-corrected chi connectivity index (χ2v) is 6.24. The fourth-order valence-electron chi connectivity index (χ4n) is 2.53. The van der Waals surface area contributed by atoms with Crippen LogP contribution in [0.3, 0.4) is 0 Å². The first-order valence-electron chi connectivity index (χ1n) is 8.50. The molecule has 28 heavy (non-hydrogen) atoms. The summed E-state index contributed by atoms with van der Waals surface area (Å²) in [5.41, 5.74) is 1.56. The van der Waals surface area contributed by atoms with E-state index in [0.717, 1.165) is 5.56 Å². The lowest BCUT2D eigenvalue weighted by Gasteiger charge is -2.08. The van der Waals surface area contributed by atoms with Crippen LogP contribution in [-0.2, 0) is 0 Å². The standard InChI is InChI=1S/C23H17ClO4/c1-27-22-9-5-3-7-19(22)23(26)28-18-13-10-17(11-14-18)21(25)15-12-16-6-2-4-8-20(16)24/h2-15H,1H3. The van der Waals surface area contributed by atoms with Crippen LogP contribution in [0.5, 0.6) is 11.5 Å². The van der Waals surface area contributed by atoms with Gasteiger partial charge in [-0.1, -0.05) is 41.9 Å². The van der Waals surface area contributed by atoms with Crippen molar-refractivity contribution in [1.82, 2.24) is 0 Å². The number of halogens is 1. The number of hydrogen-bond donors (Lipinski definition) is 0. The third kappa shape index (κ3) is 4.67. The topological polar surface area (TPSA) is 52.6 Å². The molecule has 0 atom stereocenters. The number of esters is 1. The van der Waals surface area contributed by atoms with E-state index in [1.807, 2.05) is 18.2 Å². The van der Waals surface area contributed by atoms with Crippen molar-refractivity contribution < 1.29 is 19.1 Å². The molecule has 0 amide bonds. The number of benzene rings is 3. The number of rotatable bonds is 6. The van der Waals surface area contributed by atoms with Gasteiger partial charge in [-0.3, -0.25) is 4.79 Å². The number of ether oxygens (including phenoxy) is 2. The Morgan fingerprint density at radius 1 is 0.893 bits per heavy atom. The molecule has 4 nitrogen and oxygen atoms in total. The van der Waals surface area contributed by atoms with Gasteiger partial charge < -0.3 is 9.47 Å². The molecule has 0 unspecified atom stereocenters. The Kier molecular flexibility index (Phi) is 6.25. The summed E-state index contributed by atoms with van der Waals surface area (Å²) in [6.45, 7) is 0. The average molecular weight is 393 g/mol. The van der Waals surface area contributed by atoms with Gasteiger partial charge >= 0.3 is 5.97 Å². The molecule has 0 aromatic heterocycles. The summed E-state index contributed by atoms with van der Waals surface area (Å²) in [7, 11) is 1.49. The van der Waals surface area contributed by atoms with Crippen LogP contribution >= 0.6 is 11.6 Å². The third-order valence-corrected chi connectivity index (χ3v) is 4.34. The molecule has 0 saturated carbocycles. The highest BCUT2D eigenvalue weighted by atomic mass is 35.5. The maximum Gasteiger partial charge on any atom is 0.347 e. The predicted molar refractivity (Wildman–Crippen MR) is 109 cm³/mol. The summed E-state index contributed by atoms with van der Waals surface area (Å²) < 4.78 is 10.5. The highest BCUT2D eigenvalue weighted by Gasteiger charge is 2.14. The molecule has 0 aliphatic carbocycles. The quantitative estimate of drug-likeness (QED) is 0.242. The normalized spacial score (nSPS) is 10.6. The van der Waals surface area contributed by atoms with Gasteiger partial charge in [-0.15, -0.1) is 0 Å². The first kappa shape index (κ1) is 19.4. The molecule has 0 fully saturated rings. The van der Waals surface area contributed by atoms with Crippen LogP contribution in [-0.4, -0.2) is 18.9 Å². The van der Waals surface area contributed by atoms with Gasteiger partial charge in [0, 0.05) is 10.6 Å². The Morgan fingerprint density at radius 3 is 2.29 bits per heavy atom. The van der Waals surface area contributed by atoms with Crippen LogP contribution in [0, 0.1) is 0 Å². The second-order valence-electron chi connectivity index (χ2n) is 5.83. The van der Waals surface area contributed by atoms with E-state index >= 15 is 0 Å². The molecule has 0 N–H and O–H groups in total. The first-order chi connectivity index (χ1) is 13.6. The molecule has 3 aromatic rings. The summed E-state index contributed by atoms with van der Waals surface area (Å²) in [5.74, 6) is 0.0595. The Hall–Kier alpha value is -3.37. The smallest absolute Gasteiger partial charge is 0.347 e. The Bertz CT molecular complexity index is 1020. The number of allylic oxidation sites excluding steroid dienone is 1. The molecule has 0 bridgehead atoms. The van der Waals surface area contributed by atoms with Crippen molar-refractivity contribution in [3.8, 4) is 11.5 Å². The Balaban J connectivity index is 1.68. The van der Waals surface area contributed by atoms with Crippen molar-refractivity contribution >= 4 is 29.4 Å². The van der Waals surface area contributed by atoms with E-state index < -0.39 is 5.97 Å². The van der Waals surface area contributed by atoms with Gasteiger partial charge in [0.25, 0.3) is 0 Å². The van der Waals surface area contributed by atoms with E-state index in [0.29, 0.717) is 27.6 Å². The summed E-state index contributed by atoms with van der Waals surface area (Å²) in [6.07, 6.45) is 3.12. The van der Waals surface area contributed by atoms with Crippen LogP contribution in [0.1, 0.15) is 26.3 Å². The lowest BCUT2D eigenvalue weighted by atomic mass is 10.1. The fraction of sp³-hybridized carbons (Fsp3) is 0.0435. The Labute approximate surface area is 168 Å². The number of hydrogen-bond acceptors (Lipinski definition) is 4. The molecule has 0 heterocycles. The lowest BCUT2D eigenvalue weighted by molar-refractivity contribution is 0.0731. The maximum atomic E-state index is 12.3. The number of para-hydroxylation sites is 1. The van der Waals surface area contributed by atoms with E-state index in [1.165, 1.54) is 13.2 Å². The molecule has 0 aliphatic heterocycles. The summed E-state index contributed by atoms with van der Waals surface area (Å²) in [5, 5.41) is 0.574. The van der Waals surface area contributed by atoms with Crippen LogP contribution in [0.2, 0.25) is 5.02 Å². The monoisotopic (exact) mass is 392 g/mol. The van der Waals surface area contributed by atoms with Crippen molar-refractivity contribution in [3.05, 3.63) is 101 Å². The van der Waals surface area contributed by atoms with Gasteiger partial charge in [-0.25, -0.2) is 4.79 Å². The zero-order chi connectivity index (χ0) is 19.9. The number of methoxy groups -OCH3 is 1. The minimum absolute atomic E-state index is 0.178. The number of carbonyl (C=O) groups excluding carboxylic acids is 2. The zero-order valence-electron chi connectivity index (χ0n) is 15.1. The van der Waals surface area contributed by atoms with Crippen LogP contribution in [0.15, 0.2) is 78.9 Å². The van der Waals surface area contributed by atoms with Gasteiger partial charge in [0.05, 0.1) is 7.11 Å². The van der Waals surface area contributed by atoms with Crippen LogP contribution < -0.4 is 9.47 Å². The van der Waals surface area contributed by atoms with Gasteiger partial charge in [0.2, 0.25) is 0 Å². The van der Waals surface area contributed by atoms with Crippen LogP contribution in [0.4, 0.5) is 0 Å². The van der Waals surface area contributed by atoms with Gasteiger partial charge in [0.15, 0.2) is 5.78 Å². The molecule has 5 heteroatoms. The molecular formula is C23H17ClO4. The first-order valence-corrected chi connectivity index (χ1v) is 8.88. The molecule has 140 valence electrons. The van der Waals surface area contributed by atoms with E-state index in [2.05, 4.69) is 0 Å². The molecule has 0 saturated heterocycles. The average Bonchev–Trinajstić information content (AvgIpc) is 2.73. The predicted octanol–water partition coefficient (Wildman–Crippen LogP) is 5.46. The number of carbonyl (C=O) groups is 2. The SMILES string of the molecule is COc1ccccc1C(=O)Oc1ccc(C(=O)C=Cc2ccccc2Cl)cc1. The zero-order valence-corrected chi connectivity index (χ0v) is 15.8. The Morgan fingerprint density at radius 2 is 1.57 bits per heavy atom. The highest BCUT2D eigenvalue weighted by Crippen LogP contribution is 2.21. The molecule has 3 aromatic carbocycles. The highest BCUT2D eigenvalue weighted by molar-refractivity contribution is 6.32. The lowest BCUT2D eigenvalue weighted by Crippen LogP contribution is -2.10. The van der Waals surface area contributed by atoms with E-state index in [4.69, 9.17) is 21.1 Å². The maximum absolute atomic E-state index is 12.3. The fourth-order valence-corrected chi connectivity index (χ4v) is 2.73. The summed E-state index contributed by atoms with van der Waals surface area (Å²) in [6, 6.07) is 20.4. The third-order valence-electron chi connectivity index (χ3n) is 4.00. The number of ketones is 1. The van der Waals surface area contributed by atoms with Crippen molar-refractivity contribution in [2.24, 2.45) is 0 Å². The molecule has 3 rings (SSSR count). The van der Waals surface area contributed by atoms with Crippen molar-refractivity contribution in [2.75, 3.05) is 7.11 Å². The van der Waals surface area contributed by atoms with Crippen molar-refractivity contribution in [2.45, 2.75) is 0 Å². The molecule has 0 aliphatic rings. The van der Waals surface area contributed by atoms with Crippen molar-refractivity contribution in [3.63, 3.8) is 0 Å². The minimum atomic E-state index is -0.532. The van der Waals surface area contributed by atoms with Gasteiger partial charge in [0.1, 0.15) is 17.1 Å². The van der Waals surface area contributed by atoms with E-state index in [9.17, 15) is 9.59 Å². The molecular weight excluding hydrogens is 376 g/mol. The molecule has 0 radical (unpaired) electrons. The van der Waals surface area contributed by atoms with E-state index in [-0.39, 0.29) is 5.78 Å². The summed E-state index contributed by atoms with van der Waals surface area (Å²) >= 11 is 6.08. The minimum Gasteiger partial charge on any atom is -0.496 e.